The lowest BCUT2D eigenvalue weighted by molar-refractivity contribution is -0.137. The number of carbonyl (C=O) groups is 1. The largest absolute Gasteiger partial charge is 0.416 e. The molecule has 1 amide bonds. The minimum Gasteiger partial charge on any atom is -0.279 e. The molecule has 3 rings (SSSR count). The highest BCUT2D eigenvalue weighted by atomic mass is 35.5. The monoisotopic (exact) mass is 356 g/mol. The van der Waals surface area contributed by atoms with Gasteiger partial charge in [0.2, 0.25) is 5.91 Å². The molecule has 126 valence electrons. The summed E-state index contributed by atoms with van der Waals surface area (Å²) in [6.07, 6.45) is -0.953. The van der Waals surface area contributed by atoms with Crippen LogP contribution in [0.25, 0.3) is 0 Å². The number of carbonyl (C=O) groups excluding carboxylic acids is 1. The van der Waals surface area contributed by atoms with Gasteiger partial charge < -0.3 is 0 Å². The quantitative estimate of drug-likeness (QED) is 0.824. The van der Waals surface area contributed by atoms with Gasteiger partial charge in [-0.05, 0) is 30.0 Å². The Balaban J connectivity index is 1.57. The first-order valence-electron chi connectivity index (χ1n) is 7.06. The van der Waals surface area contributed by atoms with Crippen molar-refractivity contribution in [2.24, 2.45) is 5.92 Å². The van der Waals surface area contributed by atoms with Crippen LogP contribution in [0.1, 0.15) is 23.5 Å². The maximum Gasteiger partial charge on any atom is 0.416 e. The van der Waals surface area contributed by atoms with E-state index in [2.05, 4.69) is 20.8 Å². The van der Waals surface area contributed by atoms with Crippen molar-refractivity contribution in [2.75, 3.05) is 5.43 Å². The summed E-state index contributed by atoms with van der Waals surface area (Å²) in [6.45, 7) is 0. The average molecular weight is 357 g/mol. The molecule has 1 saturated carbocycles. The Morgan fingerprint density at radius 3 is 2.46 bits per heavy atom. The van der Waals surface area contributed by atoms with Crippen LogP contribution >= 0.6 is 11.6 Å². The van der Waals surface area contributed by atoms with Crippen LogP contribution < -0.4 is 10.9 Å². The van der Waals surface area contributed by atoms with Gasteiger partial charge in [-0.3, -0.25) is 15.6 Å². The second kappa shape index (κ2) is 6.27. The molecule has 5 nitrogen and oxygen atoms in total. The molecule has 0 unspecified atom stereocenters. The minimum absolute atomic E-state index is 0.0913. The molecule has 9 heteroatoms. The van der Waals surface area contributed by atoms with Crippen LogP contribution in [0.2, 0.25) is 5.15 Å². The average Bonchev–Trinajstić information content (AvgIpc) is 3.34. The summed E-state index contributed by atoms with van der Waals surface area (Å²) >= 11 is 5.80. The van der Waals surface area contributed by atoms with Gasteiger partial charge in [0.1, 0.15) is 0 Å². The summed E-state index contributed by atoms with van der Waals surface area (Å²) in [6, 6.07) is 4.88. The molecular formula is C15H12ClF3N4O. The number of aromatic nitrogens is 2. The molecule has 1 aromatic heterocycles. The van der Waals surface area contributed by atoms with Crippen molar-refractivity contribution < 1.29 is 18.0 Å². The third kappa shape index (κ3) is 3.59. The molecule has 1 heterocycles. The van der Waals surface area contributed by atoms with E-state index < -0.39 is 11.7 Å². The Morgan fingerprint density at radius 2 is 1.83 bits per heavy atom. The SMILES string of the molecule is O=C(NNc1nccnc1Cl)[C@H]1C[C@@H]1c1ccc(C(F)(F)F)cc1. The number of benzene rings is 1. The zero-order valence-corrected chi connectivity index (χ0v) is 12.9. The molecule has 0 spiro atoms. The summed E-state index contributed by atoms with van der Waals surface area (Å²) in [4.78, 5) is 19.8. The van der Waals surface area contributed by atoms with Crippen molar-refractivity contribution in [3.8, 4) is 0 Å². The topological polar surface area (TPSA) is 66.9 Å². The van der Waals surface area contributed by atoms with E-state index in [0.29, 0.717) is 12.0 Å². The maximum atomic E-state index is 12.5. The van der Waals surface area contributed by atoms with Gasteiger partial charge >= 0.3 is 6.18 Å². The highest BCUT2D eigenvalue weighted by Gasteiger charge is 2.44. The Bertz CT molecular complexity index is 751. The minimum atomic E-state index is -4.36. The molecular weight excluding hydrogens is 345 g/mol. The Hall–Kier alpha value is -2.35. The van der Waals surface area contributed by atoms with Crippen molar-refractivity contribution in [1.82, 2.24) is 15.4 Å². The molecule has 24 heavy (non-hydrogen) atoms. The van der Waals surface area contributed by atoms with E-state index in [0.717, 1.165) is 12.1 Å². The fraction of sp³-hybridized carbons (Fsp3) is 0.267. The first-order valence-corrected chi connectivity index (χ1v) is 7.43. The van der Waals surface area contributed by atoms with Crippen LogP contribution in [0.3, 0.4) is 0 Å². The summed E-state index contributed by atoms with van der Waals surface area (Å²) < 4.78 is 37.6. The number of hydrogen-bond acceptors (Lipinski definition) is 4. The fourth-order valence-corrected chi connectivity index (χ4v) is 2.54. The Labute approximate surface area is 140 Å². The highest BCUT2D eigenvalue weighted by Crippen LogP contribution is 2.47. The highest BCUT2D eigenvalue weighted by molar-refractivity contribution is 6.31. The second-order valence-electron chi connectivity index (χ2n) is 5.38. The van der Waals surface area contributed by atoms with E-state index in [1.165, 1.54) is 24.5 Å². The number of nitrogens with zero attached hydrogens (tertiary/aromatic N) is 2. The molecule has 1 aliphatic carbocycles. The normalized spacial score (nSPS) is 19.7. The van der Waals surface area contributed by atoms with Crippen LogP contribution in [0.4, 0.5) is 19.0 Å². The lowest BCUT2D eigenvalue weighted by atomic mass is 10.1. The summed E-state index contributed by atoms with van der Waals surface area (Å²) in [5.41, 5.74) is 5.07. The predicted octanol–water partition coefficient (Wildman–Crippen LogP) is 3.40. The van der Waals surface area contributed by atoms with Crippen molar-refractivity contribution >= 4 is 23.3 Å². The summed E-state index contributed by atoms with van der Waals surface area (Å²) in [7, 11) is 0. The molecule has 2 atom stereocenters. The van der Waals surface area contributed by atoms with E-state index in [1.807, 2.05) is 0 Å². The number of nitrogens with one attached hydrogen (secondary N) is 2. The van der Waals surface area contributed by atoms with E-state index in [-0.39, 0.29) is 28.7 Å². The van der Waals surface area contributed by atoms with Gasteiger partial charge in [-0.1, -0.05) is 23.7 Å². The lowest BCUT2D eigenvalue weighted by Gasteiger charge is -2.09. The number of amides is 1. The van der Waals surface area contributed by atoms with Gasteiger partial charge in [0.05, 0.1) is 5.56 Å². The Kier molecular flexibility index (Phi) is 4.31. The zero-order valence-electron chi connectivity index (χ0n) is 12.1. The number of hydrogen-bond donors (Lipinski definition) is 2. The van der Waals surface area contributed by atoms with Crippen LogP contribution in [0.15, 0.2) is 36.7 Å². The van der Waals surface area contributed by atoms with Crippen LogP contribution in [0.5, 0.6) is 0 Å². The van der Waals surface area contributed by atoms with Crippen LogP contribution in [-0.2, 0) is 11.0 Å². The van der Waals surface area contributed by atoms with Gasteiger partial charge in [-0.2, -0.15) is 13.2 Å². The van der Waals surface area contributed by atoms with E-state index in [4.69, 9.17) is 11.6 Å². The molecule has 0 aliphatic heterocycles. The third-order valence-corrected chi connectivity index (χ3v) is 4.03. The van der Waals surface area contributed by atoms with Crippen molar-refractivity contribution in [3.05, 3.63) is 52.9 Å². The zero-order chi connectivity index (χ0) is 17.3. The number of alkyl halides is 3. The van der Waals surface area contributed by atoms with Gasteiger partial charge in [-0.15, -0.1) is 0 Å². The van der Waals surface area contributed by atoms with E-state index >= 15 is 0 Å². The molecule has 0 saturated heterocycles. The standard InChI is InChI=1S/C15H12ClF3N4O/c16-12-13(21-6-5-20-12)22-23-14(24)11-7-10(11)8-1-3-9(4-2-8)15(17,18)19/h1-6,10-11H,7H2,(H,21,22)(H,23,24)/t10-,11+/m1/s1. The molecule has 2 N–H and O–H groups in total. The number of rotatable bonds is 4. The molecule has 1 aromatic carbocycles. The second-order valence-corrected chi connectivity index (χ2v) is 5.74. The van der Waals surface area contributed by atoms with Crippen LogP contribution in [0, 0.1) is 5.92 Å². The first-order chi connectivity index (χ1) is 11.4. The summed E-state index contributed by atoms with van der Waals surface area (Å²) in [5, 5.41) is 0.118. The van der Waals surface area contributed by atoms with Crippen molar-refractivity contribution in [1.29, 1.82) is 0 Å². The van der Waals surface area contributed by atoms with Crippen LogP contribution in [-0.4, -0.2) is 15.9 Å². The smallest absolute Gasteiger partial charge is 0.279 e. The fourth-order valence-electron chi connectivity index (χ4n) is 2.39. The predicted molar refractivity (Wildman–Crippen MR) is 81.1 cm³/mol. The van der Waals surface area contributed by atoms with Crippen molar-refractivity contribution in [3.63, 3.8) is 0 Å². The first kappa shape index (κ1) is 16.5. The van der Waals surface area contributed by atoms with Gasteiger partial charge in [-0.25, -0.2) is 9.97 Å². The molecule has 1 fully saturated rings. The maximum absolute atomic E-state index is 12.5. The van der Waals surface area contributed by atoms with E-state index in [1.54, 1.807) is 0 Å². The Morgan fingerprint density at radius 1 is 1.17 bits per heavy atom. The van der Waals surface area contributed by atoms with Crippen molar-refractivity contribution in [2.45, 2.75) is 18.5 Å². The lowest BCUT2D eigenvalue weighted by Crippen LogP contribution is -2.31. The van der Waals surface area contributed by atoms with Gasteiger partial charge in [0.25, 0.3) is 0 Å². The molecule has 2 aromatic rings. The number of hydrazine groups is 1. The number of halogens is 4. The third-order valence-electron chi connectivity index (χ3n) is 3.75. The van der Waals surface area contributed by atoms with E-state index in [9.17, 15) is 18.0 Å². The molecule has 0 radical (unpaired) electrons. The summed E-state index contributed by atoms with van der Waals surface area (Å²) in [5.74, 6) is -0.447. The van der Waals surface area contributed by atoms with Gasteiger partial charge in [0.15, 0.2) is 11.0 Å². The van der Waals surface area contributed by atoms with Gasteiger partial charge in [0, 0.05) is 18.3 Å². The molecule has 0 bridgehead atoms. The number of anilines is 1. The molecule has 1 aliphatic rings.